The summed E-state index contributed by atoms with van der Waals surface area (Å²) in [6.07, 6.45) is 0.124. The summed E-state index contributed by atoms with van der Waals surface area (Å²) in [7, 11) is 1.59. The van der Waals surface area contributed by atoms with Gasteiger partial charge in [0.15, 0.2) is 0 Å². The topological polar surface area (TPSA) is 93.4 Å². The summed E-state index contributed by atoms with van der Waals surface area (Å²) in [4.78, 5) is 24.2. The number of methoxy groups -OCH3 is 1. The van der Waals surface area contributed by atoms with E-state index in [9.17, 15) is 9.59 Å². The van der Waals surface area contributed by atoms with E-state index in [4.69, 9.17) is 10.5 Å². The first-order valence-corrected chi connectivity index (χ1v) is 7.96. The number of urea groups is 1. The zero-order valence-corrected chi connectivity index (χ0v) is 13.6. The van der Waals surface area contributed by atoms with Crippen molar-refractivity contribution in [2.24, 2.45) is 5.73 Å². The van der Waals surface area contributed by atoms with Crippen LogP contribution in [0.4, 0.5) is 4.79 Å². The Morgan fingerprint density at radius 2 is 2.04 bits per heavy atom. The van der Waals surface area contributed by atoms with E-state index in [1.807, 2.05) is 41.8 Å². The SMILES string of the molecule is COc1ccccc1CNC(=O)CC(NC(N)=O)c1cccs1. The van der Waals surface area contributed by atoms with Gasteiger partial charge in [-0.15, -0.1) is 11.3 Å². The number of carbonyl (C=O) groups excluding carboxylic acids is 2. The third-order valence-electron chi connectivity index (χ3n) is 3.26. The average Bonchev–Trinajstić information content (AvgIpc) is 3.06. The zero-order chi connectivity index (χ0) is 16.7. The number of primary amides is 1. The molecule has 4 N–H and O–H groups in total. The smallest absolute Gasteiger partial charge is 0.312 e. The third-order valence-corrected chi connectivity index (χ3v) is 4.25. The van der Waals surface area contributed by atoms with E-state index in [0.717, 1.165) is 16.2 Å². The van der Waals surface area contributed by atoms with E-state index in [0.29, 0.717) is 6.54 Å². The van der Waals surface area contributed by atoms with Crippen molar-refractivity contribution in [2.75, 3.05) is 7.11 Å². The molecule has 6 nitrogen and oxygen atoms in total. The van der Waals surface area contributed by atoms with Crippen molar-refractivity contribution < 1.29 is 14.3 Å². The number of ether oxygens (including phenoxy) is 1. The average molecular weight is 333 g/mol. The van der Waals surface area contributed by atoms with E-state index < -0.39 is 12.1 Å². The largest absolute Gasteiger partial charge is 0.496 e. The summed E-state index contributed by atoms with van der Waals surface area (Å²) < 4.78 is 5.25. The van der Waals surface area contributed by atoms with Crippen LogP contribution in [0.25, 0.3) is 0 Å². The minimum atomic E-state index is -0.652. The predicted octanol–water partition coefficient (Wildman–Crippen LogP) is 2.17. The molecular formula is C16H19N3O3S. The molecule has 23 heavy (non-hydrogen) atoms. The molecule has 0 bridgehead atoms. The highest BCUT2D eigenvalue weighted by Gasteiger charge is 2.18. The molecular weight excluding hydrogens is 314 g/mol. The second kappa shape index (κ2) is 8.19. The maximum atomic E-state index is 12.2. The van der Waals surface area contributed by atoms with Crippen LogP contribution in [-0.2, 0) is 11.3 Å². The number of hydrogen-bond acceptors (Lipinski definition) is 4. The number of carbonyl (C=O) groups is 2. The van der Waals surface area contributed by atoms with Crippen LogP contribution in [0, 0.1) is 0 Å². The lowest BCUT2D eigenvalue weighted by Gasteiger charge is -2.16. The van der Waals surface area contributed by atoms with Gasteiger partial charge in [-0.3, -0.25) is 4.79 Å². The molecule has 3 amide bonds. The van der Waals surface area contributed by atoms with E-state index in [-0.39, 0.29) is 12.3 Å². The third kappa shape index (κ3) is 5.00. The van der Waals surface area contributed by atoms with Crippen molar-refractivity contribution in [1.29, 1.82) is 0 Å². The van der Waals surface area contributed by atoms with Gasteiger partial charge in [-0.05, 0) is 17.5 Å². The molecule has 1 unspecified atom stereocenters. The summed E-state index contributed by atoms with van der Waals surface area (Å²) in [5.41, 5.74) is 6.07. The Kier molecular flexibility index (Phi) is 5.99. The number of nitrogens with one attached hydrogen (secondary N) is 2. The van der Waals surface area contributed by atoms with Crippen LogP contribution in [0.2, 0.25) is 0 Å². The van der Waals surface area contributed by atoms with Gasteiger partial charge in [0, 0.05) is 17.0 Å². The molecule has 122 valence electrons. The van der Waals surface area contributed by atoms with Crippen LogP contribution in [0.1, 0.15) is 22.9 Å². The summed E-state index contributed by atoms with van der Waals surface area (Å²) in [5, 5.41) is 7.32. The Morgan fingerprint density at radius 1 is 1.26 bits per heavy atom. The second-order valence-electron chi connectivity index (χ2n) is 4.87. The minimum absolute atomic E-state index is 0.124. The first kappa shape index (κ1) is 16.8. The molecule has 2 aromatic rings. The standard InChI is InChI=1S/C16H19N3O3S/c1-22-13-6-3-2-5-11(13)10-18-15(20)9-12(19-16(17)21)14-7-4-8-23-14/h2-8,12H,9-10H2,1H3,(H,18,20)(H3,17,19,21). The van der Waals surface area contributed by atoms with E-state index in [1.165, 1.54) is 11.3 Å². The molecule has 0 saturated carbocycles. The Bertz CT molecular complexity index is 658. The number of benzene rings is 1. The van der Waals surface area contributed by atoms with Crippen molar-refractivity contribution in [3.8, 4) is 5.75 Å². The Hall–Kier alpha value is -2.54. The van der Waals surface area contributed by atoms with Gasteiger partial charge in [0.1, 0.15) is 5.75 Å². The summed E-state index contributed by atoms with van der Waals surface area (Å²) >= 11 is 1.47. The first-order chi connectivity index (χ1) is 11.1. The molecule has 0 fully saturated rings. The molecule has 0 saturated heterocycles. The molecule has 1 aromatic carbocycles. The van der Waals surface area contributed by atoms with Crippen LogP contribution >= 0.6 is 11.3 Å². The molecule has 0 aliphatic carbocycles. The lowest BCUT2D eigenvalue weighted by molar-refractivity contribution is -0.121. The minimum Gasteiger partial charge on any atom is -0.496 e. The Balaban J connectivity index is 1.95. The maximum absolute atomic E-state index is 12.2. The maximum Gasteiger partial charge on any atom is 0.312 e. The fraction of sp³-hybridized carbons (Fsp3) is 0.250. The summed E-state index contributed by atoms with van der Waals surface area (Å²) in [6.45, 7) is 0.358. The van der Waals surface area contributed by atoms with Crippen LogP contribution < -0.4 is 21.1 Å². The number of amides is 3. The van der Waals surface area contributed by atoms with Gasteiger partial charge >= 0.3 is 6.03 Å². The number of thiophene rings is 1. The molecule has 0 radical (unpaired) electrons. The van der Waals surface area contributed by atoms with Crippen molar-refractivity contribution >= 4 is 23.3 Å². The van der Waals surface area contributed by atoms with Crippen LogP contribution in [-0.4, -0.2) is 19.0 Å². The molecule has 2 rings (SSSR count). The van der Waals surface area contributed by atoms with Gasteiger partial charge in [0.25, 0.3) is 0 Å². The van der Waals surface area contributed by atoms with Crippen molar-refractivity contribution in [3.63, 3.8) is 0 Å². The number of rotatable bonds is 7. The van der Waals surface area contributed by atoms with Gasteiger partial charge in [-0.2, -0.15) is 0 Å². The molecule has 1 heterocycles. The highest BCUT2D eigenvalue weighted by Crippen LogP contribution is 2.22. The van der Waals surface area contributed by atoms with Gasteiger partial charge in [-0.25, -0.2) is 4.79 Å². The highest BCUT2D eigenvalue weighted by atomic mass is 32.1. The van der Waals surface area contributed by atoms with E-state index >= 15 is 0 Å². The fourth-order valence-corrected chi connectivity index (χ4v) is 2.96. The Morgan fingerprint density at radius 3 is 2.70 bits per heavy atom. The lowest BCUT2D eigenvalue weighted by atomic mass is 10.1. The van der Waals surface area contributed by atoms with Crippen molar-refractivity contribution in [2.45, 2.75) is 19.0 Å². The molecule has 1 aromatic heterocycles. The Labute approximate surface area is 138 Å². The molecule has 7 heteroatoms. The summed E-state index contributed by atoms with van der Waals surface area (Å²) in [6, 6.07) is 10.1. The van der Waals surface area contributed by atoms with Crippen LogP contribution in [0.5, 0.6) is 5.75 Å². The van der Waals surface area contributed by atoms with E-state index in [1.54, 1.807) is 7.11 Å². The van der Waals surface area contributed by atoms with Gasteiger partial charge in [0.05, 0.1) is 19.6 Å². The zero-order valence-electron chi connectivity index (χ0n) is 12.7. The normalized spacial score (nSPS) is 11.5. The summed E-state index contributed by atoms with van der Waals surface area (Å²) in [5.74, 6) is 0.543. The van der Waals surface area contributed by atoms with Gasteiger partial charge in [-0.1, -0.05) is 24.3 Å². The van der Waals surface area contributed by atoms with Gasteiger partial charge in [0.2, 0.25) is 5.91 Å². The quantitative estimate of drug-likeness (QED) is 0.725. The van der Waals surface area contributed by atoms with Gasteiger partial charge < -0.3 is 21.1 Å². The molecule has 0 spiro atoms. The highest BCUT2D eigenvalue weighted by molar-refractivity contribution is 7.10. The van der Waals surface area contributed by atoms with Crippen LogP contribution in [0.15, 0.2) is 41.8 Å². The van der Waals surface area contributed by atoms with E-state index in [2.05, 4.69) is 10.6 Å². The predicted molar refractivity (Wildman–Crippen MR) is 89.2 cm³/mol. The first-order valence-electron chi connectivity index (χ1n) is 7.08. The number of para-hydroxylation sites is 1. The molecule has 0 aliphatic rings. The van der Waals surface area contributed by atoms with Crippen LogP contribution in [0.3, 0.4) is 0 Å². The number of nitrogens with two attached hydrogens (primary N) is 1. The monoisotopic (exact) mass is 333 g/mol. The van der Waals surface area contributed by atoms with Crippen molar-refractivity contribution in [1.82, 2.24) is 10.6 Å². The van der Waals surface area contributed by atoms with Crippen molar-refractivity contribution in [3.05, 3.63) is 52.2 Å². The number of hydrogen-bond donors (Lipinski definition) is 3. The lowest BCUT2D eigenvalue weighted by Crippen LogP contribution is -2.36. The molecule has 0 aliphatic heterocycles. The fourth-order valence-electron chi connectivity index (χ4n) is 2.18. The second-order valence-corrected chi connectivity index (χ2v) is 5.85. The molecule has 1 atom stereocenters.